The Morgan fingerprint density at radius 3 is 2.72 bits per heavy atom. The molecule has 0 bridgehead atoms. The maximum Gasteiger partial charge on any atom is 0.406 e. The number of para-hydroxylation sites is 1. The molecule has 2 heterocycles. The van der Waals surface area contributed by atoms with Gasteiger partial charge in [0.05, 0.1) is 19.2 Å². The number of ether oxygens (including phenoxy) is 1. The number of halogens is 3. The van der Waals surface area contributed by atoms with Crippen LogP contribution in [0.25, 0.3) is 0 Å². The number of carbonyl (C=O) groups is 1. The molecule has 0 saturated carbocycles. The minimum Gasteiger partial charge on any atom is -0.496 e. The monoisotopic (exact) mass is 357 g/mol. The summed E-state index contributed by atoms with van der Waals surface area (Å²) in [6.07, 6.45) is -3.95. The average Bonchev–Trinajstić information content (AvgIpc) is 2.94. The molecule has 25 heavy (non-hydrogen) atoms. The van der Waals surface area contributed by atoms with Crippen LogP contribution in [0.5, 0.6) is 5.75 Å². The molecule has 2 aliphatic heterocycles. The molecule has 2 aliphatic rings. The average molecular weight is 357 g/mol. The van der Waals surface area contributed by atoms with Crippen LogP contribution in [-0.4, -0.2) is 67.8 Å². The molecule has 8 heteroatoms. The highest BCUT2D eigenvalue weighted by atomic mass is 19.4. The molecule has 1 aromatic carbocycles. The molecule has 1 amide bonds. The minimum absolute atomic E-state index is 0.107. The lowest BCUT2D eigenvalue weighted by atomic mass is 9.99. The van der Waals surface area contributed by atoms with E-state index in [0.717, 1.165) is 16.2 Å². The van der Waals surface area contributed by atoms with Crippen LogP contribution >= 0.6 is 0 Å². The Hall–Kier alpha value is -1.80. The Kier molecular flexibility index (Phi) is 5.19. The van der Waals surface area contributed by atoms with Crippen molar-refractivity contribution in [1.29, 1.82) is 0 Å². The van der Waals surface area contributed by atoms with Gasteiger partial charge in [-0.25, -0.2) is 0 Å². The summed E-state index contributed by atoms with van der Waals surface area (Å²) >= 11 is 0. The molecule has 138 valence electrons. The fraction of sp³-hybridized carbons (Fsp3) is 0.588. The summed E-state index contributed by atoms with van der Waals surface area (Å²) in [7, 11) is 1.59. The van der Waals surface area contributed by atoms with Crippen molar-refractivity contribution in [2.24, 2.45) is 0 Å². The third kappa shape index (κ3) is 3.90. The summed E-state index contributed by atoms with van der Waals surface area (Å²) in [6.45, 7) is 0.913. The summed E-state index contributed by atoms with van der Waals surface area (Å²) in [5.74, 6) is 0.290. The third-order valence-corrected chi connectivity index (χ3v) is 4.82. The number of hydrogen-bond donors (Lipinski definition) is 1. The van der Waals surface area contributed by atoms with Gasteiger partial charge < -0.3 is 15.0 Å². The smallest absolute Gasteiger partial charge is 0.406 e. The van der Waals surface area contributed by atoms with Crippen molar-refractivity contribution in [3.05, 3.63) is 29.8 Å². The van der Waals surface area contributed by atoms with Crippen molar-refractivity contribution in [2.45, 2.75) is 24.7 Å². The van der Waals surface area contributed by atoms with Crippen LogP contribution in [0, 0.1) is 0 Å². The predicted octanol–water partition coefficient (Wildman–Crippen LogP) is 1.80. The summed E-state index contributed by atoms with van der Waals surface area (Å²) < 4.78 is 43.4. The second-order valence-corrected chi connectivity index (χ2v) is 6.38. The molecular weight excluding hydrogens is 335 g/mol. The summed E-state index contributed by atoms with van der Waals surface area (Å²) in [5, 5.41) is 3.30. The first-order valence-corrected chi connectivity index (χ1v) is 8.35. The highest BCUT2D eigenvalue weighted by Gasteiger charge is 2.44. The number of carbonyl (C=O) groups excluding carboxylic acids is 1. The molecule has 5 nitrogen and oxygen atoms in total. The summed E-state index contributed by atoms with van der Waals surface area (Å²) in [5.41, 5.74) is 0.944. The van der Waals surface area contributed by atoms with Crippen LogP contribution in [0.3, 0.4) is 0 Å². The minimum atomic E-state index is -4.37. The quantitative estimate of drug-likeness (QED) is 0.893. The van der Waals surface area contributed by atoms with Gasteiger partial charge in [-0.3, -0.25) is 9.69 Å². The van der Waals surface area contributed by atoms with Crippen molar-refractivity contribution in [2.75, 3.05) is 39.8 Å². The number of rotatable bonds is 4. The van der Waals surface area contributed by atoms with E-state index in [0.29, 0.717) is 26.1 Å². The van der Waals surface area contributed by atoms with Gasteiger partial charge in [0, 0.05) is 31.7 Å². The topological polar surface area (TPSA) is 44.8 Å². The number of benzene rings is 1. The molecule has 1 aromatic rings. The van der Waals surface area contributed by atoms with Crippen molar-refractivity contribution >= 4 is 5.91 Å². The van der Waals surface area contributed by atoms with E-state index in [-0.39, 0.29) is 12.6 Å². The maximum atomic E-state index is 12.7. The zero-order valence-electron chi connectivity index (χ0n) is 14.1. The number of amides is 1. The number of likely N-dealkylation sites (tertiary alicyclic amines) is 1. The van der Waals surface area contributed by atoms with E-state index in [9.17, 15) is 18.0 Å². The van der Waals surface area contributed by atoms with Crippen molar-refractivity contribution in [3.63, 3.8) is 0 Å². The van der Waals surface area contributed by atoms with Gasteiger partial charge in [-0.15, -0.1) is 0 Å². The van der Waals surface area contributed by atoms with Gasteiger partial charge in [0.1, 0.15) is 12.3 Å². The Morgan fingerprint density at radius 2 is 2.00 bits per heavy atom. The van der Waals surface area contributed by atoms with E-state index in [1.807, 2.05) is 29.2 Å². The number of piperazine rings is 1. The second-order valence-electron chi connectivity index (χ2n) is 6.38. The van der Waals surface area contributed by atoms with E-state index < -0.39 is 24.7 Å². The molecule has 1 N–H and O–H groups in total. The van der Waals surface area contributed by atoms with Crippen LogP contribution in [0.1, 0.15) is 18.0 Å². The molecule has 2 atom stereocenters. The molecule has 0 aromatic heterocycles. The molecule has 3 rings (SSSR count). The standard InChI is InChI=1S/C17H22F3N3O2/c1-25-15-5-3-2-4-12(15)14-10-21-7-9-23(14)13-6-8-22(16(13)24)11-17(18,19)20/h2-5,13-14,21H,6-11H2,1H3. The molecule has 0 spiro atoms. The molecule has 2 unspecified atom stereocenters. The lowest BCUT2D eigenvalue weighted by molar-refractivity contribution is -0.159. The van der Waals surface area contributed by atoms with E-state index in [1.165, 1.54) is 0 Å². The molecule has 2 fully saturated rings. The summed E-state index contributed by atoms with van der Waals surface area (Å²) in [6, 6.07) is 6.94. The van der Waals surface area contributed by atoms with Gasteiger partial charge in [0.25, 0.3) is 0 Å². The van der Waals surface area contributed by atoms with E-state index >= 15 is 0 Å². The van der Waals surface area contributed by atoms with Crippen LogP contribution in [0.2, 0.25) is 0 Å². The van der Waals surface area contributed by atoms with Crippen molar-refractivity contribution in [1.82, 2.24) is 15.1 Å². The largest absolute Gasteiger partial charge is 0.496 e. The van der Waals surface area contributed by atoms with Crippen molar-refractivity contribution < 1.29 is 22.7 Å². The van der Waals surface area contributed by atoms with E-state index in [2.05, 4.69) is 5.32 Å². The Labute approximate surface area is 144 Å². The van der Waals surface area contributed by atoms with Gasteiger partial charge >= 0.3 is 6.18 Å². The first-order valence-electron chi connectivity index (χ1n) is 8.35. The Balaban J connectivity index is 1.81. The van der Waals surface area contributed by atoms with Crippen molar-refractivity contribution in [3.8, 4) is 5.75 Å². The fourth-order valence-corrected chi connectivity index (χ4v) is 3.73. The molecule has 2 saturated heterocycles. The SMILES string of the molecule is COc1ccccc1C1CNCCN1C1CCN(CC(F)(F)F)C1=O. The lowest BCUT2D eigenvalue weighted by Gasteiger charge is -2.40. The highest BCUT2D eigenvalue weighted by Crippen LogP contribution is 2.34. The number of nitrogens with one attached hydrogen (secondary N) is 1. The third-order valence-electron chi connectivity index (χ3n) is 4.82. The maximum absolute atomic E-state index is 12.7. The normalized spacial score (nSPS) is 25.4. The summed E-state index contributed by atoms with van der Waals surface area (Å²) in [4.78, 5) is 15.5. The Morgan fingerprint density at radius 1 is 1.24 bits per heavy atom. The first-order chi connectivity index (χ1) is 11.9. The van der Waals surface area contributed by atoms with Crippen LogP contribution < -0.4 is 10.1 Å². The number of hydrogen-bond acceptors (Lipinski definition) is 4. The first kappa shape index (κ1) is 18.0. The van der Waals surface area contributed by atoms with Gasteiger partial charge in [-0.1, -0.05) is 18.2 Å². The number of nitrogens with zero attached hydrogens (tertiary/aromatic N) is 2. The molecular formula is C17H22F3N3O2. The number of methoxy groups -OCH3 is 1. The Bertz CT molecular complexity index is 623. The van der Waals surface area contributed by atoms with Gasteiger partial charge in [0.2, 0.25) is 5.91 Å². The molecule has 0 aliphatic carbocycles. The predicted molar refractivity (Wildman–Crippen MR) is 86.4 cm³/mol. The highest BCUT2D eigenvalue weighted by molar-refractivity contribution is 5.84. The fourth-order valence-electron chi connectivity index (χ4n) is 3.73. The zero-order valence-corrected chi connectivity index (χ0v) is 14.1. The molecule has 0 radical (unpaired) electrons. The van der Waals surface area contributed by atoms with Gasteiger partial charge in [-0.2, -0.15) is 13.2 Å². The van der Waals surface area contributed by atoms with Gasteiger partial charge in [0.15, 0.2) is 0 Å². The lowest BCUT2D eigenvalue weighted by Crippen LogP contribution is -2.53. The zero-order chi connectivity index (χ0) is 18.0. The van der Waals surface area contributed by atoms with Crippen LogP contribution in [-0.2, 0) is 4.79 Å². The van der Waals surface area contributed by atoms with Crippen LogP contribution in [0.4, 0.5) is 13.2 Å². The van der Waals surface area contributed by atoms with E-state index in [4.69, 9.17) is 4.74 Å². The second kappa shape index (κ2) is 7.21. The van der Waals surface area contributed by atoms with Gasteiger partial charge in [-0.05, 0) is 12.5 Å². The number of alkyl halides is 3. The van der Waals surface area contributed by atoms with E-state index in [1.54, 1.807) is 7.11 Å². The van der Waals surface area contributed by atoms with Crippen LogP contribution in [0.15, 0.2) is 24.3 Å².